The third kappa shape index (κ3) is 5.34. The van der Waals surface area contributed by atoms with E-state index in [9.17, 15) is 9.59 Å². The van der Waals surface area contributed by atoms with Crippen LogP contribution >= 0.6 is 0 Å². The Balaban J connectivity index is 1.47. The Morgan fingerprint density at radius 1 is 0.941 bits per heavy atom. The van der Waals surface area contributed by atoms with Crippen LogP contribution in [0.2, 0.25) is 0 Å². The first-order valence-corrected chi connectivity index (χ1v) is 12.1. The van der Waals surface area contributed by atoms with Gasteiger partial charge in [0.15, 0.2) is 5.82 Å². The number of amides is 2. The molecule has 2 aromatic carbocycles. The lowest BCUT2D eigenvalue weighted by Crippen LogP contribution is -2.28. The molecule has 3 aromatic rings. The van der Waals surface area contributed by atoms with Gasteiger partial charge >= 0.3 is 0 Å². The number of para-hydroxylation sites is 1. The van der Waals surface area contributed by atoms with E-state index in [2.05, 4.69) is 41.2 Å². The number of hydrogen-bond acceptors (Lipinski definition) is 4. The third-order valence-electron chi connectivity index (χ3n) is 6.35. The largest absolute Gasteiger partial charge is 0.319 e. The Morgan fingerprint density at radius 2 is 1.68 bits per heavy atom. The molecule has 1 N–H and O–H groups in total. The fraction of sp³-hybridized carbons (Fsp3) is 0.321. The molecule has 4 rings (SSSR count). The van der Waals surface area contributed by atoms with Crippen molar-refractivity contribution in [3.05, 3.63) is 83.6 Å². The Morgan fingerprint density at radius 3 is 2.44 bits per heavy atom. The van der Waals surface area contributed by atoms with Crippen molar-refractivity contribution in [3.8, 4) is 0 Å². The molecule has 0 radical (unpaired) electrons. The van der Waals surface area contributed by atoms with Gasteiger partial charge in [-0.05, 0) is 74.3 Å². The molecule has 0 aliphatic carbocycles. The number of benzene rings is 2. The van der Waals surface area contributed by atoms with E-state index in [-0.39, 0.29) is 18.2 Å². The van der Waals surface area contributed by atoms with Crippen LogP contribution in [-0.4, -0.2) is 41.3 Å². The van der Waals surface area contributed by atoms with E-state index in [1.54, 1.807) is 41.4 Å². The maximum atomic E-state index is 13.5. The number of aromatic nitrogens is 1. The van der Waals surface area contributed by atoms with E-state index >= 15 is 0 Å². The number of nitrogens with zero attached hydrogens (tertiary/aromatic N) is 3. The molecule has 2 amide bonds. The highest BCUT2D eigenvalue weighted by molar-refractivity contribution is 6.17. The van der Waals surface area contributed by atoms with Gasteiger partial charge in [0.25, 0.3) is 5.91 Å². The molecule has 2 heterocycles. The van der Waals surface area contributed by atoms with Gasteiger partial charge in [-0.1, -0.05) is 50.2 Å². The van der Waals surface area contributed by atoms with Gasteiger partial charge in [-0.2, -0.15) is 0 Å². The standard InChI is InChI=1S/C28H32N4O2/c1-3-31(4-2)19-8-7-10-21-14-16-22(17-15-21)20-26(33)32-25-13-6-5-11-23(25)28(34)30-24-12-9-18-29-27(24)32/h5-6,9,11-18H,3-4,7-8,10,19-20H2,1-2H3,(H,30,34). The first kappa shape index (κ1) is 23.6. The average Bonchev–Trinajstić information content (AvgIpc) is 2.99. The van der Waals surface area contributed by atoms with Crippen molar-refractivity contribution >= 4 is 29.0 Å². The molecular weight excluding hydrogens is 424 g/mol. The summed E-state index contributed by atoms with van der Waals surface area (Å²) in [7, 11) is 0. The molecule has 1 aliphatic rings. The number of pyridine rings is 1. The van der Waals surface area contributed by atoms with E-state index in [1.165, 1.54) is 12.0 Å². The number of unbranched alkanes of at least 4 members (excludes halogenated alkanes) is 1. The van der Waals surface area contributed by atoms with E-state index < -0.39 is 0 Å². The van der Waals surface area contributed by atoms with Crippen LogP contribution < -0.4 is 10.2 Å². The lowest BCUT2D eigenvalue weighted by molar-refractivity contribution is -0.117. The van der Waals surface area contributed by atoms with E-state index in [1.807, 2.05) is 18.2 Å². The second-order valence-electron chi connectivity index (χ2n) is 8.55. The van der Waals surface area contributed by atoms with Gasteiger partial charge in [0.2, 0.25) is 5.91 Å². The summed E-state index contributed by atoms with van der Waals surface area (Å²) in [6.45, 7) is 7.76. The maximum Gasteiger partial charge on any atom is 0.257 e. The number of rotatable bonds is 9. The van der Waals surface area contributed by atoms with Crippen molar-refractivity contribution in [2.45, 2.75) is 39.5 Å². The number of anilines is 3. The van der Waals surface area contributed by atoms with Crippen LogP contribution in [0.25, 0.3) is 0 Å². The lowest BCUT2D eigenvalue weighted by Gasteiger charge is -2.23. The number of carbonyl (C=O) groups is 2. The van der Waals surface area contributed by atoms with Crippen LogP contribution in [0.1, 0.15) is 48.2 Å². The number of fused-ring (bicyclic) bond motifs is 2. The molecule has 0 saturated carbocycles. The summed E-state index contributed by atoms with van der Waals surface area (Å²) >= 11 is 0. The Kier molecular flexibility index (Phi) is 7.70. The van der Waals surface area contributed by atoms with Gasteiger partial charge in [-0.25, -0.2) is 4.98 Å². The molecule has 1 aromatic heterocycles. The maximum absolute atomic E-state index is 13.5. The molecule has 0 unspecified atom stereocenters. The van der Waals surface area contributed by atoms with Gasteiger partial charge in [0.05, 0.1) is 23.4 Å². The highest BCUT2D eigenvalue weighted by Gasteiger charge is 2.30. The minimum Gasteiger partial charge on any atom is -0.319 e. The van der Waals surface area contributed by atoms with Crippen LogP contribution in [-0.2, 0) is 17.6 Å². The Labute approximate surface area is 201 Å². The molecule has 0 atom stereocenters. The van der Waals surface area contributed by atoms with Crippen LogP contribution in [0.15, 0.2) is 66.9 Å². The molecule has 6 heteroatoms. The Bertz CT molecular complexity index is 1140. The van der Waals surface area contributed by atoms with Crippen molar-refractivity contribution in [1.29, 1.82) is 0 Å². The van der Waals surface area contributed by atoms with Gasteiger partial charge in [-0.15, -0.1) is 0 Å². The van der Waals surface area contributed by atoms with Crippen molar-refractivity contribution in [2.75, 3.05) is 29.9 Å². The summed E-state index contributed by atoms with van der Waals surface area (Å²) < 4.78 is 0. The average molecular weight is 457 g/mol. The van der Waals surface area contributed by atoms with Gasteiger partial charge in [-0.3, -0.25) is 14.5 Å². The van der Waals surface area contributed by atoms with Crippen LogP contribution in [0, 0.1) is 0 Å². The van der Waals surface area contributed by atoms with Crippen molar-refractivity contribution in [3.63, 3.8) is 0 Å². The molecule has 176 valence electrons. The molecule has 6 nitrogen and oxygen atoms in total. The second-order valence-corrected chi connectivity index (χ2v) is 8.55. The molecule has 0 saturated heterocycles. The monoisotopic (exact) mass is 456 g/mol. The molecule has 0 bridgehead atoms. The zero-order valence-corrected chi connectivity index (χ0v) is 20.0. The zero-order chi connectivity index (χ0) is 23.9. The van der Waals surface area contributed by atoms with Gasteiger partial charge in [0, 0.05) is 6.20 Å². The quantitative estimate of drug-likeness (QED) is 0.449. The van der Waals surface area contributed by atoms with Crippen molar-refractivity contribution < 1.29 is 9.59 Å². The second kappa shape index (κ2) is 11.1. The van der Waals surface area contributed by atoms with Gasteiger partial charge < -0.3 is 10.2 Å². The highest BCUT2D eigenvalue weighted by atomic mass is 16.2. The third-order valence-corrected chi connectivity index (χ3v) is 6.35. The molecule has 34 heavy (non-hydrogen) atoms. The number of aryl methyl sites for hydroxylation is 1. The fourth-order valence-electron chi connectivity index (χ4n) is 4.37. The summed E-state index contributed by atoms with van der Waals surface area (Å²) in [5, 5.41) is 2.88. The summed E-state index contributed by atoms with van der Waals surface area (Å²) in [5.74, 6) is 0.0667. The lowest BCUT2D eigenvalue weighted by atomic mass is 10.0. The Hall–Kier alpha value is -3.51. The molecule has 0 spiro atoms. The number of hydrogen-bond donors (Lipinski definition) is 1. The van der Waals surface area contributed by atoms with E-state index in [0.29, 0.717) is 22.8 Å². The van der Waals surface area contributed by atoms with Crippen molar-refractivity contribution in [1.82, 2.24) is 9.88 Å². The van der Waals surface area contributed by atoms with E-state index in [0.717, 1.165) is 38.0 Å². The topological polar surface area (TPSA) is 65.5 Å². The summed E-state index contributed by atoms with van der Waals surface area (Å²) in [5.41, 5.74) is 3.76. The first-order chi connectivity index (χ1) is 16.6. The molecular formula is C28H32N4O2. The first-order valence-electron chi connectivity index (χ1n) is 12.1. The van der Waals surface area contributed by atoms with Crippen LogP contribution in [0.3, 0.4) is 0 Å². The number of carbonyl (C=O) groups excluding carboxylic acids is 2. The molecule has 0 fully saturated rings. The summed E-state index contributed by atoms with van der Waals surface area (Å²) in [6.07, 6.45) is 5.24. The minimum atomic E-state index is -0.245. The highest BCUT2D eigenvalue weighted by Crippen LogP contribution is 2.36. The predicted octanol–water partition coefficient (Wildman–Crippen LogP) is 5.22. The predicted molar refractivity (Wildman–Crippen MR) is 137 cm³/mol. The van der Waals surface area contributed by atoms with Crippen molar-refractivity contribution in [2.24, 2.45) is 0 Å². The smallest absolute Gasteiger partial charge is 0.257 e. The number of nitrogens with one attached hydrogen (secondary N) is 1. The van der Waals surface area contributed by atoms with Crippen LogP contribution in [0.4, 0.5) is 17.2 Å². The minimum absolute atomic E-state index is 0.129. The summed E-state index contributed by atoms with van der Waals surface area (Å²) in [6, 6.07) is 19.0. The summed E-state index contributed by atoms with van der Waals surface area (Å²) in [4.78, 5) is 34.7. The van der Waals surface area contributed by atoms with E-state index in [4.69, 9.17) is 0 Å². The SMILES string of the molecule is CCN(CC)CCCCc1ccc(CC(=O)N2c3ccccc3C(=O)Nc3cccnc32)cc1. The fourth-order valence-corrected chi connectivity index (χ4v) is 4.37. The van der Waals surface area contributed by atoms with Crippen LogP contribution in [0.5, 0.6) is 0 Å². The zero-order valence-electron chi connectivity index (χ0n) is 20.0. The molecule has 1 aliphatic heterocycles. The normalized spacial score (nSPS) is 12.7. The van der Waals surface area contributed by atoms with Gasteiger partial charge in [0.1, 0.15) is 0 Å².